The first kappa shape index (κ1) is 14.2. The van der Waals surface area contributed by atoms with Crippen molar-refractivity contribution < 1.29 is 9.90 Å². The van der Waals surface area contributed by atoms with Crippen molar-refractivity contribution in [2.45, 2.75) is 19.9 Å². The van der Waals surface area contributed by atoms with Crippen LogP contribution >= 0.6 is 11.8 Å². The summed E-state index contributed by atoms with van der Waals surface area (Å²) in [5, 5.41) is 12.6. The maximum atomic E-state index is 12.2. The molecule has 2 N–H and O–H groups in total. The van der Waals surface area contributed by atoms with Gasteiger partial charge in [-0.1, -0.05) is 12.1 Å². The van der Waals surface area contributed by atoms with Crippen LogP contribution in [0.1, 0.15) is 12.5 Å². The topological polar surface area (TPSA) is 52.6 Å². The lowest BCUT2D eigenvalue weighted by molar-refractivity contribution is -0.120. The number of carbonyl (C=O) groups excluding carboxylic acids is 1. The summed E-state index contributed by atoms with van der Waals surface area (Å²) in [6.45, 7) is 5.68. The van der Waals surface area contributed by atoms with Gasteiger partial charge in [-0.2, -0.15) is 11.8 Å². The predicted octanol–water partition coefficient (Wildman–Crippen LogP) is 2.08. The number of amides is 1. The summed E-state index contributed by atoms with van der Waals surface area (Å²) in [6, 6.07) is 5.06. The Morgan fingerprint density at radius 3 is 2.74 bits per heavy atom. The average Bonchev–Trinajstić information content (AvgIpc) is 2.43. The number of phenols is 1. The molecule has 0 unspecified atom stereocenters. The average molecular weight is 280 g/mol. The van der Waals surface area contributed by atoms with E-state index < -0.39 is 0 Å². The van der Waals surface area contributed by atoms with E-state index in [0.717, 1.165) is 30.2 Å². The normalized spacial score (nSPS) is 18.0. The maximum Gasteiger partial charge on any atom is 0.241 e. The number of nitrogens with one attached hydrogen (secondary N) is 1. The highest BCUT2D eigenvalue weighted by atomic mass is 32.2. The summed E-state index contributed by atoms with van der Waals surface area (Å²) in [7, 11) is 0. The third kappa shape index (κ3) is 3.42. The molecule has 0 spiro atoms. The van der Waals surface area contributed by atoms with Gasteiger partial charge < -0.3 is 10.4 Å². The van der Waals surface area contributed by atoms with Crippen LogP contribution < -0.4 is 5.32 Å². The van der Waals surface area contributed by atoms with E-state index in [-0.39, 0.29) is 17.7 Å². The minimum absolute atomic E-state index is 0.0588. The van der Waals surface area contributed by atoms with Crippen molar-refractivity contribution in [3.63, 3.8) is 0 Å². The Hall–Kier alpha value is -1.20. The van der Waals surface area contributed by atoms with Crippen molar-refractivity contribution in [2.24, 2.45) is 0 Å². The van der Waals surface area contributed by atoms with Gasteiger partial charge in [0.05, 0.1) is 11.7 Å². The maximum absolute atomic E-state index is 12.2. The van der Waals surface area contributed by atoms with E-state index in [1.54, 1.807) is 12.1 Å². The van der Waals surface area contributed by atoms with Gasteiger partial charge in [-0.05, 0) is 25.5 Å². The van der Waals surface area contributed by atoms with Crippen molar-refractivity contribution in [1.82, 2.24) is 4.90 Å². The minimum Gasteiger partial charge on any atom is -0.506 e. The molecule has 0 aliphatic carbocycles. The van der Waals surface area contributed by atoms with Crippen molar-refractivity contribution in [1.29, 1.82) is 0 Å². The van der Waals surface area contributed by atoms with Gasteiger partial charge in [0.2, 0.25) is 5.91 Å². The zero-order chi connectivity index (χ0) is 13.8. The highest BCUT2D eigenvalue weighted by molar-refractivity contribution is 7.99. The van der Waals surface area contributed by atoms with Gasteiger partial charge in [-0.3, -0.25) is 9.69 Å². The van der Waals surface area contributed by atoms with E-state index in [2.05, 4.69) is 10.2 Å². The van der Waals surface area contributed by atoms with E-state index in [1.807, 2.05) is 31.7 Å². The molecule has 0 saturated carbocycles. The quantitative estimate of drug-likeness (QED) is 0.832. The number of nitrogens with zero attached hydrogens (tertiary/aromatic N) is 1. The van der Waals surface area contributed by atoms with Crippen LogP contribution in [0, 0.1) is 6.92 Å². The number of hydrogen-bond acceptors (Lipinski definition) is 4. The highest BCUT2D eigenvalue weighted by Crippen LogP contribution is 2.26. The number of phenolic OH excluding ortho intramolecular Hbond substituents is 1. The summed E-state index contributed by atoms with van der Waals surface area (Å²) in [6.07, 6.45) is 0. The molecule has 4 nitrogen and oxygen atoms in total. The second kappa shape index (κ2) is 6.30. The standard InChI is InChI=1S/C14H20N2O2S/c1-10-4-3-5-12(17)13(10)15-14(18)11(2)16-6-8-19-9-7-16/h3-5,11,17H,6-9H2,1-2H3,(H,15,18)/t11-/m0/s1. The number of hydrogen-bond donors (Lipinski definition) is 2. The molecule has 5 heteroatoms. The number of aromatic hydroxyl groups is 1. The Morgan fingerprint density at radius 2 is 2.11 bits per heavy atom. The summed E-state index contributed by atoms with van der Waals surface area (Å²) in [5.41, 5.74) is 1.39. The lowest BCUT2D eigenvalue weighted by atomic mass is 10.1. The van der Waals surface area contributed by atoms with Gasteiger partial charge in [0, 0.05) is 24.6 Å². The Morgan fingerprint density at radius 1 is 1.42 bits per heavy atom. The number of benzene rings is 1. The molecule has 1 saturated heterocycles. The second-order valence-electron chi connectivity index (χ2n) is 4.78. The third-order valence-corrected chi connectivity index (χ3v) is 4.41. The number of thioether (sulfide) groups is 1. The Labute approximate surface area is 118 Å². The van der Waals surface area contributed by atoms with Gasteiger partial charge in [-0.25, -0.2) is 0 Å². The molecule has 19 heavy (non-hydrogen) atoms. The van der Waals surface area contributed by atoms with Crippen LogP contribution in [0.25, 0.3) is 0 Å². The van der Waals surface area contributed by atoms with Crippen molar-refractivity contribution in [2.75, 3.05) is 29.9 Å². The van der Waals surface area contributed by atoms with E-state index in [1.165, 1.54) is 0 Å². The zero-order valence-electron chi connectivity index (χ0n) is 11.3. The SMILES string of the molecule is Cc1cccc(O)c1NC(=O)[C@H](C)N1CCSCC1. The highest BCUT2D eigenvalue weighted by Gasteiger charge is 2.23. The number of para-hydroxylation sites is 1. The van der Waals surface area contributed by atoms with Crippen molar-refractivity contribution in [3.05, 3.63) is 23.8 Å². The fraction of sp³-hybridized carbons (Fsp3) is 0.500. The molecule has 1 heterocycles. The second-order valence-corrected chi connectivity index (χ2v) is 6.01. The molecule has 0 aromatic heterocycles. The van der Waals surface area contributed by atoms with Crippen LogP contribution in [-0.4, -0.2) is 46.6 Å². The molecule has 1 aliphatic rings. The van der Waals surface area contributed by atoms with Crippen LogP contribution in [0.2, 0.25) is 0 Å². The fourth-order valence-corrected chi connectivity index (χ4v) is 3.10. The van der Waals surface area contributed by atoms with E-state index >= 15 is 0 Å². The number of anilines is 1. The molecule has 1 amide bonds. The predicted molar refractivity (Wildman–Crippen MR) is 79.8 cm³/mol. The smallest absolute Gasteiger partial charge is 0.241 e. The molecular weight excluding hydrogens is 260 g/mol. The van der Waals surface area contributed by atoms with E-state index in [0.29, 0.717) is 5.69 Å². The Bertz CT molecular complexity index is 439. The molecule has 1 aromatic rings. The molecule has 1 aromatic carbocycles. The van der Waals surface area contributed by atoms with Gasteiger partial charge in [0.1, 0.15) is 5.75 Å². The van der Waals surface area contributed by atoms with Crippen LogP contribution in [-0.2, 0) is 4.79 Å². The molecule has 1 atom stereocenters. The Balaban J connectivity index is 2.04. The largest absolute Gasteiger partial charge is 0.506 e. The fourth-order valence-electron chi connectivity index (χ4n) is 2.17. The minimum atomic E-state index is -0.167. The number of rotatable bonds is 3. The lowest BCUT2D eigenvalue weighted by Crippen LogP contribution is -2.46. The summed E-state index contributed by atoms with van der Waals surface area (Å²) in [4.78, 5) is 14.4. The Kier molecular flexibility index (Phi) is 4.71. The first-order valence-corrected chi connectivity index (χ1v) is 7.66. The molecule has 0 bridgehead atoms. The molecular formula is C14H20N2O2S. The first-order chi connectivity index (χ1) is 9.09. The van der Waals surface area contributed by atoms with Gasteiger partial charge in [0.15, 0.2) is 0 Å². The summed E-state index contributed by atoms with van der Waals surface area (Å²) in [5.74, 6) is 2.21. The first-order valence-electron chi connectivity index (χ1n) is 6.51. The monoisotopic (exact) mass is 280 g/mol. The molecule has 2 rings (SSSR count). The van der Waals surface area contributed by atoms with Crippen molar-refractivity contribution >= 4 is 23.4 Å². The number of aryl methyl sites for hydroxylation is 1. The van der Waals surface area contributed by atoms with Gasteiger partial charge in [0.25, 0.3) is 0 Å². The van der Waals surface area contributed by atoms with Gasteiger partial charge >= 0.3 is 0 Å². The van der Waals surface area contributed by atoms with Gasteiger partial charge in [-0.15, -0.1) is 0 Å². The third-order valence-electron chi connectivity index (χ3n) is 3.47. The number of carbonyl (C=O) groups is 1. The molecule has 104 valence electrons. The van der Waals surface area contributed by atoms with Crippen LogP contribution in [0.3, 0.4) is 0 Å². The van der Waals surface area contributed by atoms with E-state index in [4.69, 9.17) is 0 Å². The molecule has 1 fully saturated rings. The van der Waals surface area contributed by atoms with Crippen molar-refractivity contribution in [3.8, 4) is 5.75 Å². The summed E-state index contributed by atoms with van der Waals surface area (Å²) >= 11 is 1.92. The molecule has 1 aliphatic heterocycles. The summed E-state index contributed by atoms with van der Waals surface area (Å²) < 4.78 is 0. The van der Waals surface area contributed by atoms with Crippen LogP contribution in [0.4, 0.5) is 5.69 Å². The van der Waals surface area contributed by atoms with E-state index in [9.17, 15) is 9.90 Å². The lowest BCUT2D eigenvalue weighted by Gasteiger charge is -2.31. The molecule has 0 radical (unpaired) electrons. The zero-order valence-corrected chi connectivity index (χ0v) is 12.2. The van der Waals surface area contributed by atoms with Crippen LogP contribution in [0.5, 0.6) is 5.75 Å². The van der Waals surface area contributed by atoms with Crippen LogP contribution in [0.15, 0.2) is 18.2 Å².